The van der Waals surface area contributed by atoms with Crippen LogP contribution in [0.1, 0.15) is 47.8 Å². The zero-order valence-electron chi connectivity index (χ0n) is 20.1. The molecule has 1 atom stereocenters. The summed E-state index contributed by atoms with van der Waals surface area (Å²) in [6.07, 6.45) is 1.97. The van der Waals surface area contributed by atoms with Crippen LogP contribution < -0.4 is 14.4 Å². The number of rotatable bonds is 10. The maximum Gasteiger partial charge on any atom is 0.251 e. The molecule has 1 amide bonds. The van der Waals surface area contributed by atoms with E-state index >= 15 is 0 Å². The van der Waals surface area contributed by atoms with Gasteiger partial charge in [-0.05, 0) is 59.9 Å². The van der Waals surface area contributed by atoms with Gasteiger partial charge in [-0.25, -0.2) is 8.42 Å². The van der Waals surface area contributed by atoms with Crippen LogP contribution in [0.2, 0.25) is 0 Å². The summed E-state index contributed by atoms with van der Waals surface area (Å²) in [5.74, 6) is 0.943. The lowest BCUT2D eigenvalue weighted by atomic mass is 9.96. The highest BCUT2D eigenvalue weighted by molar-refractivity contribution is 7.92. The predicted molar refractivity (Wildman–Crippen MR) is 137 cm³/mol. The van der Waals surface area contributed by atoms with Gasteiger partial charge in [-0.1, -0.05) is 56.3 Å². The molecule has 0 unspecified atom stereocenters. The Hall–Kier alpha value is -3.32. The van der Waals surface area contributed by atoms with Gasteiger partial charge in [0.2, 0.25) is 10.0 Å². The topological polar surface area (TPSA) is 75.7 Å². The fourth-order valence-electron chi connectivity index (χ4n) is 3.76. The average Bonchev–Trinajstić information content (AvgIpc) is 2.82. The van der Waals surface area contributed by atoms with Gasteiger partial charge in [0.25, 0.3) is 5.91 Å². The molecule has 3 aromatic carbocycles. The summed E-state index contributed by atoms with van der Waals surface area (Å²) in [5.41, 5.74) is 2.87. The summed E-state index contributed by atoms with van der Waals surface area (Å²) in [4.78, 5) is 13.0. The molecule has 3 rings (SSSR count). The number of benzene rings is 3. The molecule has 0 aliphatic carbocycles. The predicted octanol–water partition coefficient (Wildman–Crippen LogP) is 5.18. The van der Waals surface area contributed by atoms with Crippen LogP contribution in [0.15, 0.2) is 78.9 Å². The number of sulfonamides is 1. The lowest BCUT2D eigenvalue weighted by Crippen LogP contribution is -2.30. The van der Waals surface area contributed by atoms with E-state index in [-0.39, 0.29) is 18.5 Å². The van der Waals surface area contributed by atoms with Gasteiger partial charge in [0.1, 0.15) is 5.75 Å². The van der Waals surface area contributed by atoms with Crippen LogP contribution in [0.25, 0.3) is 0 Å². The standard InChI is InChI=1S/C27H32N2O4S/c1-20(2)18-26(22-12-16-25(33-3)17-13-22)28-27(30)23-10-14-24(15-11-23)29(34(4,31)32)19-21-8-6-5-7-9-21/h5-17,20,26H,18-19H2,1-4H3,(H,28,30)/t26-/m1/s1. The summed E-state index contributed by atoms with van der Waals surface area (Å²) >= 11 is 0. The molecule has 6 nitrogen and oxygen atoms in total. The number of amides is 1. The van der Waals surface area contributed by atoms with Crippen LogP contribution >= 0.6 is 0 Å². The Morgan fingerprint density at radius 3 is 2.09 bits per heavy atom. The first-order chi connectivity index (χ1) is 16.2. The second-order valence-electron chi connectivity index (χ2n) is 8.73. The number of nitrogens with zero attached hydrogens (tertiary/aromatic N) is 1. The first-order valence-electron chi connectivity index (χ1n) is 11.2. The number of hydrogen-bond donors (Lipinski definition) is 1. The van der Waals surface area contributed by atoms with Crippen LogP contribution in [-0.2, 0) is 16.6 Å². The van der Waals surface area contributed by atoms with Crippen molar-refractivity contribution in [2.24, 2.45) is 5.92 Å². The van der Waals surface area contributed by atoms with E-state index in [4.69, 9.17) is 4.74 Å². The van der Waals surface area contributed by atoms with Crippen molar-refractivity contribution in [3.63, 3.8) is 0 Å². The Morgan fingerprint density at radius 1 is 0.941 bits per heavy atom. The molecule has 0 aliphatic rings. The van der Waals surface area contributed by atoms with Gasteiger partial charge in [0.15, 0.2) is 0 Å². The number of methoxy groups -OCH3 is 1. The number of carbonyl (C=O) groups excluding carboxylic acids is 1. The quantitative estimate of drug-likeness (QED) is 0.434. The molecular formula is C27H32N2O4S. The molecule has 0 saturated carbocycles. The van der Waals surface area contributed by atoms with Crippen molar-refractivity contribution in [2.75, 3.05) is 17.7 Å². The minimum atomic E-state index is -3.50. The zero-order valence-corrected chi connectivity index (χ0v) is 20.9. The molecule has 1 N–H and O–H groups in total. The Kier molecular flexibility index (Phi) is 8.34. The number of ether oxygens (including phenoxy) is 1. The van der Waals surface area contributed by atoms with Gasteiger partial charge in [0.05, 0.1) is 31.6 Å². The summed E-state index contributed by atoms with van der Waals surface area (Å²) in [7, 11) is -1.88. The fraction of sp³-hybridized carbons (Fsp3) is 0.296. The summed E-state index contributed by atoms with van der Waals surface area (Å²) in [6.45, 7) is 4.45. The second kappa shape index (κ2) is 11.2. The van der Waals surface area contributed by atoms with E-state index in [1.165, 1.54) is 10.6 Å². The van der Waals surface area contributed by atoms with Gasteiger partial charge in [-0.2, -0.15) is 0 Å². The van der Waals surface area contributed by atoms with Crippen LogP contribution in [0, 0.1) is 5.92 Å². The van der Waals surface area contributed by atoms with Crippen LogP contribution in [0.3, 0.4) is 0 Å². The van der Waals surface area contributed by atoms with Gasteiger partial charge in [-0.15, -0.1) is 0 Å². The third-order valence-electron chi connectivity index (χ3n) is 5.52. The van der Waals surface area contributed by atoms with Crippen LogP contribution in [0.5, 0.6) is 5.75 Å². The van der Waals surface area contributed by atoms with E-state index in [1.807, 2.05) is 54.6 Å². The van der Waals surface area contributed by atoms with Gasteiger partial charge >= 0.3 is 0 Å². The first kappa shape index (κ1) is 25.3. The molecule has 180 valence electrons. The number of carbonyl (C=O) groups is 1. The SMILES string of the molecule is COc1ccc([C@@H](CC(C)C)NC(=O)c2ccc(N(Cc3ccccc3)S(C)(=O)=O)cc2)cc1. The molecular weight excluding hydrogens is 448 g/mol. The number of nitrogens with one attached hydrogen (secondary N) is 1. The minimum Gasteiger partial charge on any atom is -0.497 e. The molecule has 34 heavy (non-hydrogen) atoms. The van der Waals surface area contributed by atoms with E-state index in [2.05, 4.69) is 19.2 Å². The Morgan fingerprint density at radius 2 is 1.56 bits per heavy atom. The summed E-state index contributed by atoms with van der Waals surface area (Å²) < 4.78 is 31.5. The first-order valence-corrected chi connectivity index (χ1v) is 13.1. The highest BCUT2D eigenvalue weighted by atomic mass is 32.2. The molecule has 0 saturated heterocycles. The zero-order chi connectivity index (χ0) is 24.7. The molecule has 0 aromatic heterocycles. The Balaban J connectivity index is 1.79. The maximum absolute atomic E-state index is 13.0. The van der Waals surface area contributed by atoms with Crippen molar-refractivity contribution >= 4 is 21.6 Å². The molecule has 0 spiro atoms. The molecule has 0 heterocycles. The lowest BCUT2D eigenvalue weighted by Gasteiger charge is -2.23. The minimum absolute atomic E-state index is 0.149. The van der Waals surface area contributed by atoms with Crippen molar-refractivity contribution in [1.29, 1.82) is 0 Å². The van der Waals surface area contributed by atoms with E-state index in [0.717, 1.165) is 23.3 Å². The van der Waals surface area contributed by atoms with Crippen LogP contribution in [-0.4, -0.2) is 27.7 Å². The molecule has 7 heteroatoms. The normalized spacial score (nSPS) is 12.3. The van der Waals surface area contributed by atoms with Gasteiger partial charge in [-0.3, -0.25) is 9.10 Å². The lowest BCUT2D eigenvalue weighted by molar-refractivity contribution is 0.0932. The molecule has 3 aromatic rings. The summed E-state index contributed by atoms with van der Waals surface area (Å²) in [6, 6.07) is 23.6. The van der Waals surface area contributed by atoms with Gasteiger partial charge < -0.3 is 10.1 Å². The van der Waals surface area contributed by atoms with E-state index in [0.29, 0.717) is 17.2 Å². The molecule has 0 fully saturated rings. The van der Waals surface area contributed by atoms with E-state index in [9.17, 15) is 13.2 Å². The highest BCUT2D eigenvalue weighted by Gasteiger charge is 2.20. The van der Waals surface area contributed by atoms with Crippen molar-refractivity contribution in [1.82, 2.24) is 5.32 Å². The van der Waals surface area contributed by atoms with Gasteiger partial charge in [0, 0.05) is 5.56 Å². The largest absolute Gasteiger partial charge is 0.497 e. The molecule has 0 bridgehead atoms. The Bertz CT molecular complexity index is 1180. The van der Waals surface area contributed by atoms with E-state index in [1.54, 1.807) is 31.4 Å². The third kappa shape index (κ3) is 6.84. The smallest absolute Gasteiger partial charge is 0.251 e. The molecule has 0 radical (unpaired) electrons. The molecule has 0 aliphatic heterocycles. The number of hydrogen-bond acceptors (Lipinski definition) is 4. The van der Waals surface area contributed by atoms with Crippen molar-refractivity contribution in [3.8, 4) is 5.75 Å². The highest BCUT2D eigenvalue weighted by Crippen LogP contribution is 2.25. The second-order valence-corrected chi connectivity index (χ2v) is 10.6. The van der Waals surface area contributed by atoms with E-state index < -0.39 is 10.0 Å². The fourth-order valence-corrected chi connectivity index (χ4v) is 4.64. The number of anilines is 1. The van der Waals surface area contributed by atoms with Crippen molar-refractivity contribution < 1.29 is 17.9 Å². The van der Waals surface area contributed by atoms with Crippen LogP contribution in [0.4, 0.5) is 5.69 Å². The average molecular weight is 481 g/mol. The Labute approximate surface area is 202 Å². The van der Waals surface area contributed by atoms with Crippen molar-refractivity contribution in [3.05, 3.63) is 95.6 Å². The summed E-state index contributed by atoms with van der Waals surface area (Å²) in [5, 5.41) is 3.13. The maximum atomic E-state index is 13.0. The van der Waals surface area contributed by atoms with Crippen molar-refractivity contribution in [2.45, 2.75) is 32.9 Å². The monoisotopic (exact) mass is 480 g/mol. The third-order valence-corrected chi connectivity index (χ3v) is 6.66.